The Morgan fingerprint density at radius 1 is 1.42 bits per heavy atom. The summed E-state index contributed by atoms with van der Waals surface area (Å²) in [5.74, 6) is 0. The third kappa shape index (κ3) is 4.96. The summed E-state index contributed by atoms with van der Waals surface area (Å²) in [6.45, 7) is 0.531. The number of methoxy groups -OCH3 is 1. The highest BCUT2D eigenvalue weighted by Crippen LogP contribution is 2.35. The molecular formula is C12H17F3N2O2. The second kappa shape index (κ2) is 6.63. The van der Waals surface area contributed by atoms with Crippen molar-refractivity contribution in [3.8, 4) is 0 Å². The molecule has 0 bridgehead atoms. The maximum Gasteiger partial charge on any atom is 0.418 e. The zero-order valence-corrected chi connectivity index (χ0v) is 10.5. The molecular weight excluding hydrogens is 261 g/mol. The Kier molecular flexibility index (Phi) is 5.44. The number of aliphatic hydroxyl groups is 1. The van der Waals surface area contributed by atoms with E-state index in [2.05, 4.69) is 5.32 Å². The van der Waals surface area contributed by atoms with Crippen LogP contribution in [0.1, 0.15) is 12.0 Å². The number of nitrogen functional groups attached to an aromatic ring is 1. The van der Waals surface area contributed by atoms with Gasteiger partial charge in [0.15, 0.2) is 0 Å². The van der Waals surface area contributed by atoms with Crippen molar-refractivity contribution >= 4 is 11.4 Å². The van der Waals surface area contributed by atoms with Gasteiger partial charge in [0, 0.05) is 25.0 Å². The number of nitrogens with two attached hydrogens (primary N) is 1. The van der Waals surface area contributed by atoms with Gasteiger partial charge in [0.25, 0.3) is 0 Å². The fourth-order valence-electron chi connectivity index (χ4n) is 1.57. The second-order valence-electron chi connectivity index (χ2n) is 4.12. The van der Waals surface area contributed by atoms with Gasteiger partial charge in [-0.3, -0.25) is 0 Å². The predicted octanol–water partition coefficient (Wildman–Crippen LogP) is 2.10. The summed E-state index contributed by atoms with van der Waals surface area (Å²) in [6.07, 6.45) is -4.75. The Labute approximate surface area is 109 Å². The number of halogens is 3. The summed E-state index contributed by atoms with van der Waals surface area (Å²) >= 11 is 0. The lowest BCUT2D eigenvalue weighted by molar-refractivity contribution is -0.136. The highest BCUT2D eigenvalue weighted by atomic mass is 19.4. The van der Waals surface area contributed by atoms with Crippen LogP contribution in [0, 0.1) is 0 Å². The molecule has 19 heavy (non-hydrogen) atoms. The van der Waals surface area contributed by atoms with Gasteiger partial charge < -0.3 is 20.9 Å². The van der Waals surface area contributed by atoms with Crippen molar-refractivity contribution in [2.24, 2.45) is 0 Å². The maximum atomic E-state index is 12.6. The normalized spacial score (nSPS) is 13.3. The minimum atomic E-state index is -4.47. The molecule has 1 aromatic carbocycles. The maximum absolute atomic E-state index is 12.6. The number of hydrogen-bond acceptors (Lipinski definition) is 4. The first-order valence-corrected chi connectivity index (χ1v) is 5.72. The van der Waals surface area contributed by atoms with Crippen LogP contribution in [0.2, 0.25) is 0 Å². The molecule has 0 aliphatic heterocycles. The summed E-state index contributed by atoms with van der Waals surface area (Å²) in [7, 11) is 1.46. The van der Waals surface area contributed by atoms with Crippen molar-refractivity contribution in [2.75, 3.05) is 31.3 Å². The molecule has 0 fully saturated rings. The van der Waals surface area contributed by atoms with E-state index in [0.29, 0.717) is 18.7 Å². The van der Waals surface area contributed by atoms with Crippen LogP contribution in [0.3, 0.4) is 0 Å². The lowest BCUT2D eigenvalue weighted by Crippen LogP contribution is -2.18. The molecule has 1 rings (SSSR count). The number of ether oxygens (including phenoxy) is 1. The van der Waals surface area contributed by atoms with Crippen LogP contribution in [-0.2, 0) is 10.9 Å². The van der Waals surface area contributed by atoms with E-state index >= 15 is 0 Å². The van der Waals surface area contributed by atoms with Gasteiger partial charge in [-0.1, -0.05) is 0 Å². The van der Waals surface area contributed by atoms with Gasteiger partial charge >= 0.3 is 6.18 Å². The Morgan fingerprint density at radius 3 is 2.68 bits per heavy atom. The number of anilines is 2. The molecule has 0 aromatic heterocycles. The number of alkyl halides is 3. The third-order valence-corrected chi connectivity index (χ3v) is 2.52. The standard InChI is InChI=1S/C12H17F3N2O2/c1-19-7-9(18)4-5-17-8-2-3-11(16)10(6-8)12(13,14)15/h2-3,6,9,17-18H,4-5,7,16H2,1H3. The topological polar surface area (TPSA) is 67.5 Å². The first kappa shape index (κ1) is 15.6. The number of aliphatic hydroxyl groups excluding tert-OH is 1. The van der Waals surface area contributed by atoms with Crippen molar-refractivity contribution in [2.45, 2.75) is 18.7 Å². The van der Waals surface area contributed by atoms with Gasteiger partial charge in [-0.05, 0) is 24.6 Å². The molecule has 0 saturated heterocycles. The van der Waals surface area contributed by atoms with E-state index < -0.39 is 17.8 Å². The van der Waals surface area contributed by atoms with Gasteiger partial charge in [-0.25, -0.2) is 0 Å². The Bertz CT molecular complexity index is 410. The van der Waals surface area contributed by atoms with E-state index in [1.165, 1.54) is 19.2 Å². The minimum Gasteiger partial charge on any atom is -0.398 e. The summed E-state index contributed by atoms with van der Waals surface area (Å²) in [5.41, 5.74) is 4.43. The average Bonchev–Trinajstić information content (AvgIpc) is 2.30. The van der Waals surface area contributed by atoms with Crippen molar-refractivity contribution in [1.82, 2.24) is 0 Å². The van der Waals surface area contributed by atoms with Crippen LogP contribution in [0.25, 0.3) is 0 Å². The molecule has 7 heteroatoms. The molecule has 0 amide bonds. The van der Waals surface area contributed by atoms with Crippen molar-refractivity contribution in [3.63, 3.8) is 0 Å². The Morgan fingerprint density at radius 2 is 2.11 bits per heavy atom. The fourth-order valence-corrected chi connectivity index (χ4v) is 1.57. The number of nitrogens with one attached hydrogen (secondary N) is 1. The molecule has 1 atom stereocenters. The molecule has 4 N–H and O–H groups in total. The number of hydrogen-bond donors (Lipinski definition) is 3. The minimum absolute atomic E-state index is 0.192. The smallest absolute Gasteiger partial charge is 0.398 e. The molecule has 1 aromatic rings. The van der Waals surface area contributed by atoms with Crippen LogP contribution in [0.4, 0.5) is 24.5 Å². The van der Waals surface area contributed by atoms with E-state index in [0.717, 1.165) is 6.07 Å². The average molecular weight is 278 g/mol. The summed E-state index contributed by atoms with van der Waals surface area (Å²) in [5, 5.41) is 12.2. The highest BCUT2D eigenvalue weighted by molar-refractivity contribution is 5.58. The zero-order valence-electron chi connectivity index (χ0n) is 10.5. The van der Waals surface area contributed by atoms with Crippen molar-refractivity contribution < 1.29 is 23.0 Å². The highest BCUT2D eigenvalue weighted by Gasteiger charge is 2.33. The Balaban J connectivity index is 2.60. The molecule has 0 spiro atoms. The van der Waals surface area contributed by atoms with Crippen LogP contribution >= 0.6 is 0 Å². The molecule has 0 heterocycles. The molecule has 0 aliphatic rings. The lowest BCUT2D eigenvalue weighted by Gasteiger charge is -2.14. The van der Waals surface area contributed by atoms with Crippen LogP contribution in [0.15, 0.2) is 18.2 Å². The lowest BCUT2D eigenvalue weighted by atomic mass is 10.1. The fraction of sp³-hybridized carbons (Fsp3) is 0.500. The van der Waals surface area contributed by atoms with Gasteiger partial charge in [0.05, 0.1) is 18.3 Å². The quantitative estimate of drug-likeness (QED) is 0.697. The van der Waals surface area contributed by atoms with E-state index in [4.69, 9.17) is 10.5 Å². The van der Waals surface area contributed by atoms with Crippen LogP contribution in [0.5, 0.6) is 0 Å². The molecule has 108 valence electrons. The summed E-state index contributed by atoms with van der Waals surface area (Å²) in [4.78, 5) is 0. The SMILES string of the molecule is COCC(O)CCNc1ccc(N)c(C(F)(F)F)c1. The first-order valence-electron chi connectivity index (χ1n) is 5.72. The number of benzene rings is 1. The second-order valence-corrected chi connectivity index (χ2v) is 4.12. The van der Waals surface area contributed by atoms with Gasteiger partial charge in [-0.2, -0.15) is 13.2 Å². The summed E-state index contributed by atoms with van der Waals surface area (Å²) < 4.78 is 42.6. The monoisotopic (exact) mass is 278 g/mol. The van der Waals surface area contributed by atoms with Crippen molar-refractivity contribution in [3.05, 3.63) is 23.8 Å². The predicted molar refractivity (Wildman–Crippen MR) is 66.8 cm³/mol. The van der Waals surface area contributed by atoms with E-state index in [9.17, 15) is 18.3 Å². The molecule has 1 unspecified atom stereocenters. The van der Waals surface area contributed by atoms with Gasteiger partial charge in [-0.15, -0.1) is 0 Å². The first-order chi connectivity index (χ1) is 8.84. The van der Waals surface area contributed by atoms with Crippen molar-refractivity contribution in [1.29, 1.82) is 0 Å². The Hall–Kier alpha value is -1.47. The third-order valence-electron chi connectivity index (χ3n) is 2.52. The molecule has 4 nitrogen and oxygen atoms in total. The van der Waals surface area contributed by atoms with Crippen LogP contribution in [-0.4, -0.2) is 31.5 Å². The van der Waals surface area contributed by atoms with E-state index in [1.54, 1.807) is 0 Å². The van der Waals surface area contributed by atoms with Crippen LogP contribution < -0.4 is 11.1 Å². The van der Waals surface area contributed by atoms with E-state index in [1.807, 2.05) is 0 Å². The molecule has 0 aliphatic carbocycles. The molecule has 0 radical (unpaired) electrons. The number of rotatable bonds is 6. The van der Waals surface area contributed by atoms with Gasteiger partial charge in [0.1, 0.15) is 0 Å². The summed E-state index contributed by atoms with van der Waals surface area (Å²) in [6, 6.07) is 3.63. The van der Waals surface area contributed by atoms with E-state index in [-0.39, 0.29) is 12.3 Å². The van der Waals surface area contributed by atoms with Gasteiger partial charge in [0.2, 0.25) is 0 Å². The largest absolute Gasteiger partial charge is 0.418 e. The zero-order chi connectivity index (χ0) is 14.5. The molecule has 0 saturated carbocycles.